The number of fused-ring (bicyclic) bond motifs is 1. The van der Waals surface area contributed by atoms with E-state index in [2.05, 4.69) is 80.5 Å². The van der Waals surface area contributed by atoms with Crippen molar-refractivity contribution < 1.29 is 0 Å². The molecule has 1 fully saturated rings. The average Bonchev–Trinajstić information content (AvgIpc) is 3.41. The van der Waals surface area contributed by atoms with Gasteiger partial charge in [-0.1, -0.05) is 43.0 Å². The van der Waals surface area contributed by atoms with E-state index in [-0.39, 0.29) is 12.1 Å². The molecule has 2 aliphatic rings. The van der Waals surface area contributed by atoms with Crippen LogP contribution >= 0.6 is 11.8 Å². The smallest absolute Gasteiger partial charge is 0.160 e. The Morgan fingerprint density at radius 3 is 2.48 bits per heavy atom. The second-order valence-electron chi connectivity index (χ2n) is 8.74. The number of amidine groups is 1. The number of para-hydroxylation sites is 1. The van der Waals surface area contributed by atoms with Crippen LogP contribution in [0.3, 0.4) is 0 Å². The van der Waals surface area contributed by atoms with Crippen LogP contribution < -0.4 is 0 Å². The van der Waals surface area contributed by atoms with E-state index in [1.165, 1.54) is 38.9 Å². The van der Waals surface area contributed by atoms with Crippen LogP contribution in [0.2, 0.25) is 0 Å². The summed E-state index contributed by atoms with van der Waals surface area (Å²) in [6, 6.07) is 15.9. The highest BCUT2D eigenvalue weighted by molar-refractivity contribution is 8.14. The second-order valence-corrected chi connectivity index (χ2v) is 9.73. The van der Waals surface area contributed by atoms with Crippen LogP contribution in [0.1, 0.15) is 59.2 Å². The molecule has 4 nitrogen and oxygen atoms in total. The lowest BCUT2D eigenvalue weighted by Crippen LogP contribution is -2.35. The molecule has 3 aromatic rings. The molecule has 31 heavy (non-hydrogen) atoms. The van der Waals surface area contributed by atoms with Crippen molar-refractivity contribution in [3.8, 4) is 5.69 Å². The quantitative estimate of drug-likeness (QED) is 0.502. The molecule has 4 heterocycles. The molecule has 2 aliphatic heterocycles. The number of hydrogen-bond acceptors (Lipinski definition) is 4. The van der Waals surface area contributed by atoms with Crippen LogP contribution in [-0.2, 0) is 0 Å². The first kappa shape index (κ1) is 20.4. The fourth-order valence-electron chi connectivity index (χ4n) is 5.28. The summed E-state index contributed by atoms with van der Waals surface area (Å²) < 4.78 is 2.44. The normalized spacial score (nSPS) is 22.7. The molecule has 1 saturated heterocycles. The predicted octanol–water partition coefficient (Wildman–Crippen LogP) is 6.09. The van der Waals surface area contributed by atoms with Crippen LogP contribution in [0.5, 0.6) is 0 Å². The maximum absolute atomic E-state index is 5.20. The molecule has 5 heteroatoms. The van der Waals surface area contributed by atoms with E-state index in [0.29, 0.717) is 6.04 Å². The van der Waals surface area contributed by atoms with Gasteiger partial charge in [-0.15, -0.1) is 0 Å². The third kappa shape index (κ3) is 3.21. The Labute approximate surface area is 189 Å². The first-order chi connectivity index (χ1) is 15.0. The molecule has 2 aromatic heterocycles. The molecule has 5 rings (SSSR count). The highest BCUT2D eigenvalue weighted by Gasteiger charge is 2.46. The van der Waals surface area contributed by atoms with Gasteiger partial charge in [0, 0.05) is 29.4 Å². The monoisotopic (exact) mass is 430 g/mol. The fourth-order valence-corrected chi connectivity index (χ4v) is 6.61. The average molecular weight is 431 g/mol. The molecule has 0 unspecified atom stereocenters. The summed E-state index contributed by atoms with van der Waals surface area (Å²) in [5.74, 6) is 1.12. The molecule has 0 radical (unpaired) electrons. The Morgan fingerprint density at radius 1 is 1.03 bits per heavy atom. The minimum atomic E-state index is 0.0324. The number of nitrogens with zero attached hydrogens (tertiary/aromatic N) is 4. The van der Waals surface area contributed by atoms with Gasteiger partial charge in [-0.3, -0.25) is 9.98 Å². The van der Waals surface area contributed by atoms with Gasteiger partial charge in [-0.2, -0.15) is 0 Å². The van der Waals surface area contributed by atoms with Gasteiger partial charge in [0.05, 0.1) is 17.4 Å². The van der Waals surface area contributed by atoms with E-state index in [1.807, 2.05) is 24.0 Å². The molecule has 0 amide bonds. The Bertz CT molecular complexity index is 1130. The van der Waals surface area contributed by atoms with E-state index in [0.717, 1.165) is 17.9 Å². The Balaban J connectivity index is 1.67. The summed E-state index contributed by atoms with van der Waals surface area (Å²) >= 11 is 1.90. The third-order valence-corrected chi connectivity index (χ3v) is 7.91. The van der Waals surface area contributed by atoms with Crippen molar-refractivity contribution in [2.45, 2.75) is 59.2 Å². The molecule has 0 spiro atoms. The molecule has 0 N–H and O–H groups in total. The lowest BCUT2D eigenvalue weighted by atomic mass is 9.95. The lowest BCUT2D eigenvalue weighted by Gasteiger charge is -2.32. The van der Waals surface area contributed by atoms with Crippen LogP contribution in [0, 0.1) is 27.7 Å². The van der Waals surface area contributed by atoms with Gasteiger partial charge in [0.2, 0.25) is 0 Å². The Hall–Kier alpha value is -2.53. The molecule has 1 aromatic carbocycles. The Morgan fingerprint density at radius 2 is 1.81 bits per heavy atom. The van der Waals surface area contributed by atoms with Crippen molar-refractivity contribution in [2.75, 3.05) is 5.75 Å². The van der Waals surface area contributed by atoms with Gasteiger partial charge in [-0.05, 0) is 69.0 Å². The SMILES string of the molecule is CC[C@H]1CSC2=N[C@@H](c3ccccn3)[C@@H](c3cc(C)n(-c4c(C)cccc4C)c3C)N21. The predicted molar refractivity (Wildman–Crippen MR) is 130 cm³/mol. The topological polar surface area (TPSA) is 33.4 Å². The van der Waals surface area contributed by atoms with E-state index in [9.17, 15) is 0 Å². The summed E-state index contributed by atoms with van der Waals surface area (Å²) in [4.78, 5) is 12.5. The third-order valence-electron chi connectivity index (χ3n) is 6.78. The molecule has 0 saturated carbocycles. The summed E-state index contributed by atoms with van der Waals surface area (Å²) in [5.41, 5.74) is 8.93. The summed E-state index contributed by atoms with van der Waals surface area (Å²) in [6.07, 6.45) is 3.02. The van der Waals surface area contributed by atoms with E-state index in [4.69, 9.17) is 9.98 Å². The number of thioether (sulfide) groups is 1. The van der Waals surface area contributed by atoms with Crippen LogP contribution in [0.15, 0.2) is 53.7 Å². The lowest BCUT2D eigenvalue weighted by molar-refractivity contribution is 0.254. The van der Waals surface area contributed by atoms with E-state index in [1.54, 1.807) is 0 Å². The van der Waals surface area contributed by atoms with Crippen molar-refractivity contribution in [1.29, 1.82) is 0 Å². The van der Waals surface area contributed by atoms with Crippen molar-refractivity contribution >= 4 is 16.9 Å². The van der Waals surface area contributed by atoms with Gasteiger partial charge in [0.1, 0.15) is 6.04 Å². The standard InChI is InChI=1S/C26H30N4S/c1-6-20-15-31-26-28-23(22-12-7-8-13-27-22)25(30(20)26)21-14-18(4)29(19(21)5)24-16(2)10-9-11-17(24)3/h7-14,20,23,25H,6,15H2,1-5H3/t20-,23-,25+/m0/s1. The van der Waals surface area contributed by atoms with E-state index >= 15 is 0 Å². The zero-order valence-corrected chi connectivity index (χ0v) is 19.8. The second kappa shape index (κ2) is 7.86. The number of benzene rings is 1. The van der Waals surface area contributed by atoms with Gasteiger partial charge < -0.3 is 9.47 Å². The van der Waals surface area contributed by atoms with Crippen LogP contribution in [0.25, 0.3) is 5.69 Å². The Kier molecular flexibility index (Phi) is 5.17. The number of pyridine rings is 1. The molecule has 0 bridgehead atoms. The highest BCUT2D eigenvalue weighted by Crippen LogP contribution is 2.50. The summed E-state index contributed by atoms with van der Waals surface area (Å²) in [6.45, 7) is 11.2. The first-order valence-electron chi connectivity index (χ1n) is 11.2. The molecule has 0 aliphatic carbocycles. The molecular formula is C26H30N4S. The maximum atomic E-state index is 5.20. The van der Waals surface area contributed by atoms with Crippen LogP contribution in [0.4, 0.5) is 0 Å². The zero-order chi connectivity index (χ0) is 21.7. The fraction of sp³-hybridized carbons (Fsp3) is 0.385. The minimum absolute atomic E-state index is 0.0324. The molecule has 3 atom stereocenters. The van der Waals surface area contributed by atoms with Crippen molar-refractivity contribution in [3.63, 3.8) is 0 Å². The largest absolute Gasteiger partial charge is 0.338 e. The van der Waals surface area contributed by atoms with Crippen LogP contribution in [-0.4, -0.2) is 31.4 Å². The van der Waals surface area contributed by atoms with Gasteiger partial charge in [0.25, 0.3) is 0 Å². The number of rotatable bonds is 4. The molecular weight excluding hydrogens is 400 g/mol. The first-order valence-corrected chi connectivity index (χ1v) is 12.1. The van der Waals surface area contributed by atoms with Gasteiger partial charge >= 0.3 is 0 Å². The van der Waals surface area contributed by atoms with Gasteiger partial charge in [-0.25, -0.2) is 0 Å². The zero-order valence-electron chi connectivity index (χ0n) is 19.0. The number of aromatic nitrogens is 2. The minimum Gasteiger partial charge on any atom is -0.338 e. The van der Waals surface area contributed by atoms with E-state index < -0.39 is 0 Å². The summed E-state index contributed by atoms with van der Waals surface area (Å²) in [7, 11) is 0. The maximum Gasteiger partial charge on any atom is 0.160 e. The van der Waals surface area contributed by atoms with Crippen molar-refractivity contribution in [2.24, 2.45) is 4.99 Å². The van der Waals surface area contributed by atoms with Crippen molar-refractivity contribution in [1.82, 2.24) is 14.5 Å². The summed E-state index contributed by atoms with van der Waals surface area (Å²) in [5, 5.41) is 1.18. The highest BCUT2D eigenvalue weighted by atomic mass is 32.2. The number of hydrogen-bond donors (Lipinski definition) is 0. The van der Waals surface area contributed by atoms with Gasteiger partial charge in [0.15, 0.2) is 5.17 Å². The number of aryl methyl sites for hydroxylation is 3. The number of aliphatic imine (C=N–C) groups is 1. The molecule has 160 valence electrons. The van der Waals surface area contributed by atoms with Crippen molar-refractivity contribution in [3.05, 3.63) is 82.4 Å².